The molecule has 2 aromatic carbocycles. The Labute approximate surface area is 200 Å². The normalized spacial score (nSPS) is 11.6. The number of nitrogens with one attached hydrogen (secondary N) is 2. The van der Waals surface area contributed by atoms with Crippen molar-refractivity contribution in [3.8, 4) is 22.8 Å². The first kappa shape index (κ1) is 24.3. The molecule has 0 bridgehead atoms. The summed E-state index contributed by atoms with van der Waals surface area (Å²) >= 11 is 0. The number of hydrogen-bond donors (Lipinski definition) is 2. The lowest BCUT2D eigenvalue weighted by atomic mass is 10.1. The lowest BCUT2D eigenvalue weighted by Crippen LogP contribution is -2.31. The number of rotatable bonds is 10. The molecule has 4 aromatic rings. The summed E-state index contributed by atoms with van der Waals surface area (Å²) in [6.45, 7) is -0.376. The zero-order valence-corrected chi connectivity index (χ0v) is 19.3. The van der Waals surface area contributed by atoms with Crippen LogP contribution in [0.1, 0.15) is 6.42 Å². The van der Waals surface area contributed by atoms with Gasteiger partial charge in [-0.15, -0.1) is 0 Å². The monoisotopic (exact) mass is 486 g/mol. The number of anilines is 2. The highest BCUT2D eigenvalue weighted by atomic mass is 19.4. The van der Waals surface area contributed by atoms with E-state index in [2.05, 4.69) is 20.5 Å². The molecule has 0 fully saturated rings. The van der Waals surface area contributed by atoms with Gasteiger partial charge in [0.1, 0.15) is 11.5 Å². The Hall–Kier alpha value is -3.86. The van der Waals surface area contributed by atoms with Crippen LogP contribution in [-0.2, 0) is 0 Å². The van der Waals surface area contributed by atoms with Gasteiger partial charge in [-0.25, -0.2) is 4.98 Å². The van der Waals surface area contributed by atoms with E-state index in [0.717, 1.165) is 22.5 Å². The molecule has 35 heavy (non-hydrogen) atoms. The van der Waals surface area contributed by atoms with Gasteiger partial charge in [0, 0.05) is 47.9 Å². The van der Waals surface area contributed by atoms with E-state index in [1.807, 2.05) is 35.2 Å². The third kappa shape index (κ3) is 6.18. The molecule has 0 radical (unpaired) electrons. The SMILES string of the molecule is COc1cc(OC)cc(N(CCCNCC(F)(F)F)c2ccc3ncc(-c4cn[nH]c4)nc3c2)c1. The predicted octanol–water partition coefficient (Wildman–Crippen LogP) is 4.72. The zero-order valence-electron chi connectivity index (χ0n) is 19.3. The number of H-pyrrole nitrogens is 1. The van der Waals surface area contributed by atoms with Crippen LogP contribution >= 0.6 is 0 Å². The fraction of sp³-hybridized carbons (Fsp3) is 0.292. The first-order chi connectivity index (χ1) is 16.9. The maximum absolute atomic E-state index is 12.5. The summed E-state index contributed by atoms with van der Waals surface area (Å²) in [4.78, 5) is 11.2. The molecule has 0 unspecified atom stereocenters. The van der Waals surface area contributed by atoms with Crippen molar-refractivity contribution in [2.45, 2.75) is 12.6 Å². The van der Waals surface area contributed by atoms with Crippen LogP contribution in [-0.4, -0.2) is 60.2 Å². The van der Waals surface area contributed by atoms with E-state index < -0.39 is 12.7 Å². The van der Waals surface area contributed by atoms with Crippen molar-refractivity contribution in [1.29, 1.82) is 0 Å². The van der Waals surface area contributed by atoms with Gasteiger partial charge >= 0.3 is 6.18 Å². The van der Waals surface area contributed by atoms with Crippen molar-refractivity contribution in [2.24, 2.45) is 0 Å². The van der Waals surface area contributed by atoms with E-state index in [-0.39, 0.29) is 6.54 Å². The Morgan fingerprint density at radius 2 is 1.74 bits per heavy atom. The fourth-order valence-electron chi connectivity index (χ4n) is 3.65. The summed E-state index contributed by atoms with van der Waals surface area (Å²) in [5.41, 5.74) is 4.47. The van der Waals surface area contributed by atoms with Crippen molar-refractivity contribution in [3.05, 3.63) is 55.0 Å². The molecule has 2 N–H and O–H groups in total. The molecule has 2 aromatic heterocycles. The minimum atomic E-state index is -4.25. The second kappa shape index (κ2) is 10.6. The Balaban J connectivity index is 1.66. The Bertz CT molecular complexity index is 1240. The number of fused-ring (bicyclic) bond motifs is 1. The lowest BCUT2D eigenvalue weighted by molar-refractivity contribution is -0.124. The van der Waals surface area contributed by atoms with Gasteiger partial charge in [0.25, 0.3) is 0 Å². The van der Waals surface area contributed by atoms with Crippen LogP contribution in [0.2, 0.25) is 0 Å². The molecule has 0 spiro atoms. The number of alkyl halides is 3. The molecule has 0 aliphatic carbocycles. The van der Waals surface area contributed by atoms with Gasteiger partial charge in [0.2, 0.25) is 0 Å². The van der Waals surface area contributed by atoms with Gasteiger partial charge in [-0.2, -0.15) is 18.3 Å². The number of methoxy groups -OCH3 is 2. The molecule has 11 heteroatoms. The van der Waals surface area contributed by atoms with Gasteiger partial charge in [-0.3, -0.25) is 10.1 Å². The summed E-state index contributed by atoms with van der Waals surface area (Å²) in [5.74, 6) is 1.20. The number of aromatic amines is 1. The Kier molecular flexibility index (Phi) is 7.35. The van der Waals surface area contributed by atoms with E-state index in [1.165, 1.54) is 0 Å². The molecule has 2 heterocycles. The van der Waals surface area contributed by atoms with Crippen molar-refractivity contribution < 1.29 is 22.6 Å². The van der Waals surface area contributed by atoms with Crippen molar-refractivity contribution in [1.82, 2.24) is 25.5 Å². The Morgan fingerprint density at radius 1 is 0.971 bits per heavy atom. The van der Waals surface area contributed by atoms with E-state index in [0.29, 0.717) is 35.7 Å². The van der Waals surface area contributed by atoms with E-state index in [9.17, 15) is 13.2 Å². The largest absolute Gasteiger partial charge is 0.497 e. The molecular weight excluding hydrogens is 461 g/mol. The van der Waals surface area contributed by atoms with Gasteiger partial charge in [-0.05, 0) is 31.2 Å². The van der Waals surface area contributed by atoms with E-state index in [1.54, 1.807) is 38.9 Å². The molecule has 0 saturated carbocycles. The summed E-state index contributed by atoms with van der Waals surface area (Å²) in [5, 5.41) is 9.17. The molecule has 0 aliphatic rings. The first-order valence-corrected chi connectivity index (χ1v) is 10.9. The molecule has 8 nitrogen and oxygen atoms in total. The summed E-state index contributed by atoms with van der Waals surface area (Å²) in [6.07, 6.45) is 1.31. The number of benzene rings is 2. The average Bonchev–Trinajstić information content (AvgIpc) is 3.39. The van der Waals surface area contributed by atoms with Crippen molar-refractivity contribution in [3.63, 3.8) is 0 Å². The summed E-state index contributed by atoms with van der Waals surface area (Å²) in [7, 11) is 3.12. The molecule has 0 amide bonds. The zero-order chi connectivity index (χ0) is 24.8. The van der Waals surface area contributed by atoms with Crippen LogP contribution in [0.25, 0.3) is 22.3 Å². The van der Waals surface area contributed by atoms with Gasteiger partial charge in [-0.1, -0.05) is 0 Å². The van der Waals surface area contributed by atoms with Crippen LogP contribution in [0, 0.1) is 0 Å². The second-order valence-electron chi connectivity index (χ2n) is 7.78. The van der Waals surface area contributed by atoms with Gasteiger partial charge in [0.15, 0.2) is 0 Å². The third-order valence-corrected chi connectivity index (χ3v) is 5.34. The summed E-state index contributed by atoms with van der Waals surface area (Å²) < 4.78 is 48.3. The number of halogens is 3. The maximum Gasteiger partial charge on any atom is 0.401 e. The molecule has 184 valence electrons. The fourth-order valence-corrected chi connectivity index (χ4v) is 3.65. The molecule has 0 atom stereocenters. The topological polar surface area (TPSA) is 88.2 Å². The standard InChI is InChI=1S/C24H25F3N6O2/c1-34-19-8-18(9-20(11-19)35-2)33(7-3-6-28-15-24(25,26)27)17-4-5-21-22(10-17)32-23(14-29-21)16-12-30-31-13-16/h4-5,8-14,28H,3,6-7,15H2,1-2H3,(H,30,31). The first-order valence-electron chi connectivity index (χ1n) is 10.9. The van der Waals surface area contributed by atoms with Crippen molar-refractivity contribution in [2.75, 3.05) is 38.8 Å². The minimum Gasteiger partial charge on any atom is -0.497 e. The molecule has 0 saturated heterocycles. The smallest absolute Gasteiger partial charge is 0.401 e. The number of nitrogens with zero attached hydrogens (tertiary/aromatic N) is 4. The number of hydrogen-bond acceptors (Lipinski definition) is 7. The highest BCUT2D eigenvalue weighted by Gasteiger charge is 2.26. The average molecular weight is 486 g/mol. The third-order valence-electron chi connectivity index (χ3n) is 5.34. The predicted molar refractivity (Wildman–Crippen MR) is 127 cm³/mol. The van der Waals surface area contributed by atoms with Crippen molar-refractivity contribution >= 4 is 22.4 Å². The summed E-state index contributed by atoms with van der Waals surface area (Å²) in [6, 6.07) is 11.1. The number of aromatic nitrogens is 4. The molecular formula is C24H25F3N6O2. The quantitative estimate of drug-likeness (QED) is 0.314. The van der Waals surface area contributed by atoms with Crippen LogP contribution < -0.4 is 19.7 Å². The lowest BCUT2D eigenvalue weighted by Gasteiger charge is -2.26. The Morgan fingerprint density at radius 3 is 2.40 bits per heavy atom. The highest BCUT2D eigenvalue weighted by molar-refractivity contribution is 5.82. The highest BCUT2D eigenvalue weighted by Crippen LogP contribution is 2.34. The van der Waals surface area contributed by atoms with Crippen LogP contribution in [0.15, 0.2) is 55.0 Å². The molecule has 4 rings (SSSR count). The second-order valence-corrected chi connectivity index (χ2v) is 7.78. The maximum atomic E-state index is 12.5. The van der Waals surface area contributed by atoms with Crippen LogP contribution in [0.3, 0.4) is 0 Å². The minimum absolute atomic E-state index is 0.204. The van der Waals surface area contributed by atoms with Crippen LogP contribution in [0.5, 0.6) is 11.5 Å². The van der Waals surface area contributed by atoms with Crippen LogP contribution in [0.4, 0.5) is 24.5 Å². The number of ether oxygens (including phenoxy) is 2. The molecule has 0 aliphatic heterocycles. The van der Waals surface area contributed by atoms with Gasteiger partial charge in [0.05, 0.1) is 49.9 Å². The van der Waals surface area contributed by atoms with E-state index in [4.69, 9.17) is 14.5 Å². The van der Waals surface area contributed by atoms with E-state index >= 15 is 0 Å². The van der Waals surface area contributed by atoms with Gasteiger partial charge < -0.3 is 19.7 Å².